The molecule has 1 aliphatic carbocycles. The molecule has 0 radical (unpaired) electrons. The second-order valence-corrected chi connectivity index (χ2v) is 7.56. The molecule has 1 aromatic carbocycles. The van der Waals surface area contributed by atoms with Crippen LogP contribution in [-0.4, -0.2) is 40.9 Å². The summed E-state index contributed by atoms with van der Waals surface area (Å²) in [5, 5.41) is 5.71. The monoisotopic (exact) mass is 375 g/mol. The van der Waals surface area contributed by atoms with Crippen LogP contribution in [0.25, 0.3) is 0 Å². The summed E-state index contributed by atoms with van der Waals surface area (Å²) in [6, 6.07) is 5.88. The lowest BCUT2D eigenvalue weighted by atomic mass is 9.98. The molecule has 6 nitrogen and oxygen atoms in total. The Hall–Kier alpha value is -2.44. The van der Waals surface area contributed by atoms with Gasteiger partial charge in [-0.15, -0.1) is 0 Å². The molecule has 1 saturated heterocycles. The van der Waals surface area contributed by atoms with Gasteiger partial charge in [-0.1, -0.05) is 25.0 Å². The van der Waals surface area contributed by atoms with Crippen molar-refractivity contribution in [3.05, 3.63) is 35.6 Å². The Balaban J connectivity index is 1.42. The molecule has 1 aromatic rings. The van der Waals surface area contributed by atoms with E-state index in [1.807, 2.05) is 6.92 Å². The van der Waals surface area contributed by atoms with Crippen LogP contribution in [0.4, 0.5) is 9.18 Å². The van der Waals surface area contributed by atoms with Gasteiger partial charge in [0.05, 0.1) is 0 Å². The van der Waals surface area contributed by atoms with Crippen molar-refractivity contribution in [3.63, 3.8) is 0 Å². The van der Waals surface area contributed by atoms with E-state index in [1.165, 1.54) is 17.0 Å². The third kappa shape index (κ3) is 4.46. The Bertz CT molecular complexity index is 714. The first-order valence-electron chi connectivity index (χ1n) is 9.57. The fourth-order valence-corrected chi connectivity index (χ4v) is 3.86. The van der Waals surface area contributed by atoms with E-state index in [0.717, 1.165) is 31.2 Å². The van der Waals surface area contributed by atoms with Crippen LogP contribution in [-0.2, 0) is 16.0 Å². The molecule has 0 unspecified atom stereocenters. The number of imide groups is 1. The first-order chi connectivity index (χ1) is 12.9. The van der Waals surface area contributed by atoms with E-state index in [0.29, 0.717) is 12.8 Å². The van der Waals surface area contributed by atoms with Crippen molar-refractivity contribution >= 4 is 17.8 Å². The molecule has 0 aromatic heterocycles. The van der Waals surface area contributed by atoms with Crippen LogP contribution in [0.1, 0.15) is 51.0 Å². The minimum Gasteiger partial charge on any atom is -0.354 e. The van der Waals surface area contributed by atoms with Gasteiger partial charge in [0.25, 0.3) is 5.91 Å². The zero-order valence-electron chi connectivity index (χ0n) is 15.6. The highest BCUT2D eigenvalue weighted by atomic mass is 19.1. The zero-order valence-corrected chi connectivity index (χ0v) is 15.6. The van der Waals surface area contributed by atoms with Crippen molar-refractivity contribution < 1.29 is 18.8 Å². The van der Waals surface area contributed by atoms with Gasteiger partial charge in [0.15, 0.2) is 0 Å². The maximum absolute atomic E-state index is 12.9. The average Bonchev–Trinajstić information content (AvgIpc) is 3.19. The molecule has 2 aliphatic rings. The van der Waals surface area contributed by atoms with Crippen LogP contribution in [0.15, 0.2) is 24.3 Å². The van der Waals surface area contributed by atoms with Gasteiger partial charge in [-0.2, -0.15) is 0 Å². The van der Waals surface area contributed by atoms with Crippen LogP contribution in [0.2, 0.25) is 0 Å². The molecular weight excluding hydrogens is 349 g/mol. The van der Waals surface area contributed by atoms with E-state index in [9.17, 15) is 18.8 Å². The number of halogens is 1. The molecule has 146 valence electrons. The normalized spacial score (nSPS) is 19.4. The summed E-state index contributed by atoms with van der Waals surface area (Å²) >= 11 is 0. The number of rotatable bonds is 7. The van der Waals surface area contributed by atoms with Crippen molar-refractivity contribution in [1.82, 2.24) is 15.5 Å². The predicted molar refractivity (Wildman–Crippen MR) is 98.4 cm³/mol. The summed E-state index contributed by atoms with van der Waals surface area (Å²) in [4.78, 5) is 38.0. The standard InChI is InChI=1S/C20H26FN3O3/c1-14(4-5-15-6-8-16(21)9-7-15)22-17(25)10-13-24-18(26)20(23-19(24)27)11-2-3-12-20/h6-9,14H,2-5,10-13H2,1H3,(H,22,25)(H,23,27)/t14-/m1/s1. The van der Waals surface area contributed by atoms with Gasteiger partial charge in [-0.05, 0) is 50.3 Å². The highest BCUT2D eigenvalue weighted by Gasteiger charge is 2.52. The molecule has 2 N–H and O–H groups in total. The van der Waals surface area contributed by atoms with Gasteiger partial charge in [-0.3, -0.25) is 14.5 Å². The molecule has 1 saturated carbocycles. The van der Waals surface area contributed by atoms with Crippen LogP contribution < -0.4 is 10.6 Å². The Morgan fingerprint density at radius 3 is 2.59 bits per heavy atom. The lowest BCUT2D eigenvalue weighted by Crippen LogP contribution is -2.44. The first-order valence-corrected chi connectivity index (χ1v) is 9.57. The van der Waals surface area contributed by atoms with E-state index in [4.69, 9.17) is 0 Å². The van der Waals surface area contributed by atoms with Gasteiger partial charge >= 0.3 is 6.03 Å². The van der Waals surface area contributed by atoms with E-state index in [-0.39, 0.29) is 42.7 Å². The molecular formula is C20H26FN3O3. The minimum atomic E-state index is -0.726. The fraction of sp³-hybridized carbons (Fsp3) is 0.550. The molecule has 1 atom stereocenters. The largest absolute Gasteiger partial charge is 0.354 e. The molecule has 4 amide bonds. The van der Waals surface area contributed by atoms with Crippen molar-refractivity contribution in [2.75, 3.05) is 6.54 Å². The predicted octanol–water partition coefficient (Wildman–Crippen LogP) is 2.52. The van der Waals surface area contributed by atoms with E-state index in [1.54, 1.807) is 12.1 Å². The van der Waals surface area contributed by atoms with Gasteiger partial charge in [0.2, 0.25) is 5.91 Å². The van der Waals surface area contributed by atoms with Gasteiger partial charge in [0.1, 0.15) is 11.4 Å². The maximum atomic E-state index is 12.9. The number of amides is 4. The van der Waals surface area contributed by atoms with Gasteiger partial charge in [-0.25, -0.2) is 9.18 Å². The van der Waals surface area contributed by atoms with E-state index in [2.05, 4.69) is 10.6 Å². The van der Waals surface area contributed by atoms with Crippen molar-refractivity contribution in [1.29, 1.82) is 0 Å². The van der Waals surface area contributed by atoms with Crippen LogP contribution in [0.3, 0.4) is 0 Å². The SMILES string of the molecule is C[C@H](CCc1ccc(F)cc1)NC(=O)CCN1C(=O)NC2(CCCC2)C1=O. The second-order valence-electron chi connectivity index (χ2n) is 7.56. The molecule has 27 heavy (non-hydrogen) atoms. The number of urea groups is 1. The first kappa shape index (κ1) is 19.3. The summed E-state index contributed by atoms with van der Waals surface area (Å²) in [6.07, 6.45) is 4.79. The summed E-state index contributed by atoms with van der Waals surface area (Å²) < 4.78 is 12.9. The van der Waals surface area contributed by atoms with Crippen LogP contribution in [0.5, 0.6) is 0 Å². The zero-order chi connectivity index (χ0) is 19.4. The highest BCUT2D eigenvalue weighted by Crippen LogP contribution is 2.34. The summed E-state index contributed by atoms with van der Waals surface area (Å²) in [5.74, 6) is -0.642. The molecule has 1 spiro atoms. The summed E-state index contributed by atoms with van der Waals surface area (Å²) in [6.45, 7) is 2.01. The minimum absolute atomic E-state index is 0.0492. The molecule has 2 fully saturated rings. The Morgan fingerprint density at radius 2 is 1.93 bits per heavy atom. The maximum Gasteiger partial charge on any atom is 0.325 e. The lowest BCUT2D eigenvalue weighted by Gasteiger charge is -2.20. The lowest BCUT2D eigenvalue weighted by molar-refractivity contribution is -0.131. The van der Waals surface area contributed by atoms with Gasteiger partial charge in [0, 0.05) is 19.0 Å². The smallest absolute Gasteiger partial charge is 0.325 e. The average molecular weight is 375 g/mol. The fourth-order valence-electron chi connectivity index (χ4n) is 3.86. The Labute approximate surface area is 158 Å². The quantitative estimate of drug-likeness (QED) is 0.719. The Morgan fingerprint density at radius 1 is 1.26 bits per heavy atom. The second kappa shape index (κ2) is 8.06. The molecule has 0 bridgehead atoms. The van der Waals surface area contributed by atoms with Crippen LogP contribution in [0, 0.1) is 5.82 Å². The number of nitrogens with zero attached hydrogens (tertiary/aromatic N) is 1. The third-order valence-electron chi connectivity index (χ3n) is 5.45. The number of carbonyl (C=O) groups excluding carboxylic acids is 3. The van der Waals surface area contributed by atoms with E-state index < -0.39 is 5.54 Å². The number of benzene rings is 1. The number of nitrogens with one attached hydrogen (secondary N) is 2. The Kier molecular flexibility index (Phi) is 5.77. The molecule has 1 heterocycles. The molecule has 3 rings (SSSR count). The van der Waals surface area contributed by atoms with Crippen molar-refractivity contribution in [2.45, 2.75) is 63.5 Å². The summed E-state index contributed by atoms with van der Waals surface area (Å²) in [5.41, 5.74) is 0.286. The molecule has 1 aliphatic heterocycles. The van der Waals surface area contributed by atoms with Gasteiger partial charge < -0.3 is 10.6 Å². The number of aryl methyl sites for hydroxylation is 1. The number of hydrogen-bond acceptors (Lipinski definition) is 3. The topological polar surface area (TPSA) is 78.5 Å². The van der Waals surface area contributed by atoms with Crippen molar-refractivity contribution in [3.8, 4) is 0 Å². The van der Waals surface area contributed by atoms with Crippen molar-refractivity contribution in [2.24, 2.45) is 0 Å². The highest BCUT2D eigenvalue weighted by molar-refractivity contribution is 6.07. The number of carbonyl (C=O) groups is 3. The summed E-state index contributed by atoms with van der Waals surface area (Å²) in [7, 11) is 0. The van der Waals surface area contributed by atoms with E-state index >= 15 is 0 Å². The molecule has 7 heteroatoms. The third-order valence-corrected chi connectivity index (χ3v) is 5.45. The van der Waals surface area contributed by atoms with Crippen LogP contribution >= 0.6 is 0 Å². The number of hydrogen-bond donors (Lipinski definition) is 2.